The molecule has 2 aromatic heterocycles. The topological polar surface area (TPSA) is 65.6 Å². The van der Waals surface area contributed by atoms with Crippen LogP contribution >= 0.6 is 11.3 Å². The summed E-state index contributed by atoms with van der Waals surface area (Å²) < 4.78 is 9.67. The smallest absolute Gasteiger partial charge is 0.338 e. The van der Waals surface area contributed by atoms with E-state index >= 15 is 0 Å². The summed E-state index contributed by atoms with van der Waals surface area (Å²) in [6.45, 7) is 10.4. The van der Waals surface area contributed by atoms with E-state index in [1.54, 1.807) is 18.4 Å². The van der Waals surface area contributed by atoms with Gasteiger partial charge in [-0.1, -0.05) is 65.4 Å². The molecule has 0 amide bonds. The molecule has 0 N–H and O–H groups in total. The van der Waals surface area contributed by atoms with Gasteiger partial charge in [-0.3, -0.25) is 9.36 Å². The Morgan fingerprint density at radius 2 is 1.92 bits per heavy atom. The summed E-state index contributed by atoms with van der Waals surface area (Å²) in [5.41, 5.74) is 4.74. The lowest BCUT2D eigenvalue weighted by Gasteiger charge is -2.24. The highest BCUT2D eigenvalue weighted by molar-refractivity contribution is 7.07. The molecule has 0 aliphatic carbocycles. The summed E-state index contributed by atoms with van der Waals surface area (Å²) in [5, 5.41) is 1.06. The molecule has 1 aliphatic heterocycles. The van der Waals surface area contributed by atoms with E-state index in [1.807, 2.05) is 61.7 Å². The van der Waals surface area contributed by atoms with E-state index in [4.69, 9.17) is 4.74 Å². The van der Waals surface area contributed by atoms with Crippen LogP contribution in [0.4, 0.5) is 0 Å². The first-order valence-corrected chi connectivity index (χ1v) is 12.7. The van der Waals surface area contributed by atoms with Gasteiger partial charge in [0.2, 0.25) is 0 Å². The minimum Gasteiger partial charge on any atom is -0.463 e. The molecule has 182 valence electrons. The molecule has 7 heteroatoms. The van der Waals surface area contributed by atoms with Gasteiger partial charge >= 0.3 is 5.97 Å². The van der Waals surface area contributed by atoms with Crippen molar-refractivity contribution in [3.05, 3.63) is 115 Å². The average molecular weight is 498 g/mol. The summed E-state index contributed by atoms with van der Waals surface area (Å²) in [6.07, 6.45) is 5.81. The van der Waals surface area contributed by atoms with Gasteiger partial charge in [0.15, 0.2) is 4.80 Å². The van der Waals surface area contributed by atoms with Crippen molar-refractivity contribution < 1.29 is 9.53 Å². The second kappa shape index (κ2) is 9.59. The maximum Gasteiger partial charge on any atom is 0.338 e. The number of allylic oxidation sites excluding steroid dienone is 2. The molecule has 3 heterocycles. The lowest BCUT2D eigenvalue weighted by Crippen LogP contribution is -2.39. The molecule has 4 aromatic rings. The van der Waals surface area contributed by atoms with Crippen molar-refractivity contribution in [2.45, 2.75) is 33.4 Å². The number of ether oxygens (including phenoxy) is 1. The molecule has 6 nitrogen and oxygen atoms in total. The minimum atomic E-state index is -0.606. The molecular formula is C29H27N3O3S. The Bertz CT molecular complexity index is 1700. The number of rotatable bonds is 6. The molecule has 36 heavy (non-hydrogen) atoms. The Labute approximate surface area is 212 Å². The van der Waals surface area contributed by atoms with E-state index in [9.17, 15) is 9.59 Å². The molecular weight excluding hydrogens is 470 g/mol. The second-order valence-corrected chi connectivity index (χ2v) is 9.76. The van der Waals surface area contributed by atoms with Crippen LogP contribution < -0.4 is 14.9 Å². The van der Waals surface area contributed by atoms with Gasteiger partial charge in [0.1, 0.15) is 0 Å². The van der Waals surface area contributed by atoms with Crippen LogP contribution in [0, 0.1) is 6.92 Å². The van der Waals surface area contributed by atoms with Crippen LogP contribution in [0.3, 0.4) is 0 Å². The standard InChI is InChI=1S/C29H27N3O3S/c1-5-15-31-17-21(22-9-7-8-10-23(22)31)16-24-27(33)32-26(20-13-11-18(3)12-14-20)25(28(34)35-6-2)19(4)30-29(32)36-24/h5,7-14,16-17,26H,1,6,15H2,2-4H3/b24-16-/t26-/m1/s1. The molecule has 0 unspecified atom stereocenters. The molecule has 1 atom stereocenters. The Hall–Kier alpha value is -3.97. The van der Waals surface area contributed by atoms with Gasteiger partial charge in [-0.25, -0.2) is 9.79 Å². The number of nitrogens with zero attached hydrogens (tertiary/aromatic N) is 3. The predicted molar refractivity (Wildman–Crippen MR) is 144 cm³/mol. The van der Waals surface area contributed by atoms with Crippen molar-refractivity contribution in [1.82, 2.24) is 9.13 Å². The van der Waals surface area contributed by atoms with E-state index in [1.165, 1.54) is 11.3 Å². The average Bonchev–Trinajstić information content (AvgIpc) is 3.36. The number of para-hydroxylation sites is 1. The number of esters is 1. The predicted octanol–water partition coefficient (Wildman–Crippen LogP) is 4.25. The van der Waals surface area contributed by atoms with E-state index < -0.39 is 12.0 Å². The number of aromatic nitrogens is 2. The molecule has 0 spiro atoms. The minimum absolute atomic E-state index is 0.181. The number of hydrogen-bond acceptors (Lipinski definition) is 5. The van der Waals surface area contributed by atoms with Crippen LogP contribution in [-0.2, 0) is 16.1 Å². The van der Waals surface area contributed by atoms with Gasteiger partial charge in [0, 0.05) is 29.2 Å². The van der Waals surface area contributed by atoms with Crippen LogP contribution in [0.25, 0.3) is 17.0 Å². The lowest BCUT2D eigenvalue weighted by molar-refractivity contribution is -0.139. The maximum absolute atomic E-state index is 13.9. The molecule has 1 aliphatic rings. The van der Waals surface area contributed by atoms with Crippen LogP contribution in [0.1, 0.15) is 36.6 Å². The van der Waals surface area contributed by atoms with Gasteiger partial charge < -0.3 is 9.30 Å². The number of hydrogen-bond donors (Lipinski definition) is 0. The quantitative estimate of drug-likeness (QED) is 0.296. The Morgan fingerprint density at radius 3 is 2.64 bits per heavy atom. The number of aryl methyl sites for hydroxylation is 1. The summed E-state index contributed by atoms with van der Waals surface area (Å²) in [6, 6.07) is 15.4. The first-order valence-electron chi connectivity index (χ1n) is 11.9. The lowest BCUT2D eigenvalue weighted by atomic mass is 9.95. The van der Waals surface area contributed by atoms with Crippen LogP contribution in [0.2, 0.25) is 0 Å². The fraction of sp³-hybridized carbons (Fsp3) is 0.207. The zero-order chi connectivity index (χ0) is 25.4. The third-order valence-corrected chi connectivity index (χ3v) is 7.32. The van der Waals surface area contributed by atoms with E-state index in [-0.39, 0.29) is 12.2 Å². The van der Waals surface area contributed by atoms with Crippen LogP contribution in [-0.4, -0.2) is 21.7 Å². The molecule has 0 saturated heterocycles. The molecule has 0 bridgehead atoms. The number of fused-ring (bicyclic) bond motifs is 2. The summed E-state index contributed by atoms with van der Waals surface area (Å²) >= 11 is 1.33. The molecule has 2 aromatic carbocycles. The first-order chi connectivity index (χ1) is 17.4. The highest BCUT2D eigenvalue weighted by Gasteiger charge is 2.33. The first kappa shape index (κ1) is 23.8. The Kier molecular flexibility index (Phi) is 6.33. The van der Waals surface area contributed by atoms with Crippen molar-refractivity contribution in [2.24, 2.45) is 4.99 Å². The summed E-state index contributed by atoms with van der Waals surface area (Å²) in [7, 11) is 0. The van der Waals surface area contributed by atoms with Gasteiger partial charge in [0.25, 0.3) is 5.56 Å². The largest absolute Gasteiger partial charge is 0.463 e. The van der Waals surface area contributed by atoms with E-state index in [0.717, 1.165) is 27.6 Å². The van der Waals surface area contributed by atoms with Gasteiger partial charge in [-0.15, -0.1) is 6.58 Å². The highest BCUT2D eigenvalue weighted by atomic mass is 32.1. The van der Waals surface area contributed by atoms with Crippen molar-refractivity contribution in [2.75, 3.05) is 6.61 Å². The van der Waals surface area contributed by atoms with Gasteiger partial charge in [-0.05, 0) is 38.5 Å². The monoisotopic (exact) mass is 497 g/mol. The zero-order valence-electron chi connectivity index (χ0n) is 20.5. The summed E-state index contributed by atoms with van der Waals surface area (Å²) in [5.74, 6) is -0.453. The van der Waals surface area contributed by atoms with Crippen molar-refractivity contribution >= 4 is 34.3 Å². The van der Waals surface area contributed by atoms with E-state index in [2.05, 4.69) is 28.3 Å². The Morgan fingerprint density at radius 1 is 1.17 bits per heavy atom. The number of carbonyl (C=O) groups is 1. The fourth-order valence-electron chi connectivity index (χ4n) is 4.68. The van der Waals surface area contributed by atoms with Crippen molar-refractivity contribution in [3.63, 3.8) is 0 Å². The maximum atomic E-state index is 13.9. The third-order valence-electron chi connectivity index (χ3n) is 6.34. The molecule has 5 rings (SSSR count). The normalized spacial score (nSPS) is 15.6. The van der Waals surface area contributed by atoms with E-state index in [0.29, 0.717) is 27.1 Å². The summed E-state index contributed by atoms with van der Waals surface area (Å²) in [4.78, 5) is 32.1. The fourth-order valence-corrected chi connectivity index (χ4v) is 5.71. The number of thiazole rings is 1. The van der Waals surface area contributed by atoms with Crippen molar-refractivity contribution in [3.8, 4) is 0 Å². The third kappa shape index (κ3) is 4.05. The molecule has 0 radical (unpaired) electrons. The number of benzene rings is 2. The number of carbonyl (C=O) groups excluding carboxylic acids is 1. The Balaban J connectivity index is 1.74. The SMILES string of the molecule is C=CCn1cc(/C=c2\sc3n(c2=O)[C@H](c2ccc(C)cc2)C(C(=O)OCC)=C(C)N=3)c2ccccc21. The van der Waals surface area contributed by atoms with Crippen LogP contribution in [0.15, 0.2) is 88.4 Å². The second-order valence-electron chi connectivity index (χ2n) is 8.76. The van der Waals surface area contributed by atoms with Crippen molar-refractivity contribution in [1.29, 1.82) is 0 Å². The van der Waals surface area contributed by atoms with Crippen LogP contribution in [0.5, 0.6) is 0 Å². The molecule has 0 fully saturated rings. The van der Waals surface area contributed by atoms with Gasteiger partial charge in [-0.2, -0.15) is 0 Å². The zero-order valence-corrected chi connectivity index (χ0v) is 21.3. The van der Waals surface area contributed by atoms with Gasteiger partial charge in [0.05, 0.1) is 28.5 Å². The molecule has 0 saturated carbocycles. The highest BCUT2D eigenvalue weighted by Crippen LogP contribution is 2.31.